The molecule has 0 aliphatic carbocycles. The fourth-order valence-corrected chi connectivity index (χ4v) is 1.79. The Bertz CT molecular complexity index is 306. The predicted molar refractivity (Wildman–Crippen MR) is 90.3 cm³/mol. The van der Waals surface area contributed by atoms with Gasteiger partial charge in [0.05, 0.1) is 6.61 Å². The van der Waals surface area contributed by atoms with Crippen LogP contribution in [0.4, 0.5) is 5.69 Å². The summed E-state index contributed by atoms with van der Waals surface area (Å²) in [5.41, 5.74) is 6.34. The molecule has 2 heteroatoms. The molecular weight excluding hydrogens is 246 g/mol. The highest BCUT2D eigenvalue weighted by molar-refractivity contribution is 5.43. The van der Waals surface area contributed by atoms with E-state index in [9.17, 15) is 0 Å². The maximum absolute atomic E-state index is 5.58. The van der Waals surface area contributed by atoms with Crippen LogP contribution in [0.2, 0.25) is 0 Å². The molecule has 0 atom stereocenters. The van der Waals surface area contributed by atoms with Crippen molar-refractivity contribution in [2.75, 3.05) is 12.3 Å². The number of unbranched alkanes of at least 4 members (excludes halogenated alkanes) is 6. The number of anilines is 1. The van der Waals surface area contributed by atoms with Gasteiger partial charge in [-0.2, -0.15) is 0 Å². The largest absolute Gasteiger partial charge is 0.494 e. The molecule has 0 aliphatic rings. The van der Waals surface area contributed by atoms with E-state index in [1.165, 1.54) is 38.5 Å². The number of hydrogen-bond donors (Lipinski definition) is 1. The Labute approximate surface area is 125 Å². The second-order valence-corrected chi connectivity index (χ2v) is 5.19. The molecule has 116 valence electrons. The molecule has 20 heavy (non-hydrogen) atoms. The molecule has 2 N–H and O–H groups in total. The maximum atomic E-state index is 5.58. The highest BCUT2D eigenvalue weighted by Crippen LogP contribution is 2.14. The molecule has 1 aromatic rings. The minimum absolute atomic E-state index is 0.754. The molecule has 0 spiro atoms. The summed E-state index contributed by atoms with van der Waals surface area (Å²) >= 11 is 0. The van der Waals surface area contributed by atoms with Crippen LogP contribution in [-0.2, 0) is 0 Å². The molecule has 0 unspecified atom stereocenters. The van der Waals surface area contributed by atoms with Gasteiger partial charge in [0.2, 0.25) is 0 Å². The minimum Gasteiger partial charge on any atom is -0.494 e. The zero-order valence-corrected chi connectivity index (χ0v) is 13.7. The fraction of sp³-hybridized carbons (Fsp3) is 0.667. The van der Waals surface area contributed by atoms with E-state index in [0.29, 0.717) is 0 Å². The summed E-state index contributed by atoms with van der Waals surface area (Å²) in [7, 11) is 0. The van der Waals surface area contributed by atoms with E-state index in [4.69, 9.17) is 10.5 Å². The van der Waals surface area contributed by atoms with Gasteiger partial charge in [0.1, 0.15) is 5.75 Å². The van der Waals surface area contributed by atoms with Crippen LogP contribution in [0.5, 0.6) is 5.75 Å². The van der Waals surface area contributed by atoms with Crippen molar-refractivity contribution in [3.8, 4) is 5.75 Å². The van der Waals surface area contributed by atoms with Gasteiger partial charge in [-0.1, -0.05) is 71.8 Å². The number of hydrogen-bond acceptors (Lipinski definition) is 2. The minimum atomic E-state index is 0.754. The summed E-state index contributed by atoms with van der Waals surface area (Å²) in [5.74, 6) is 0.864. The van der Waals surface area contributed by atoms with Gasteiger partial charge in [0.25, 0.3) is 0 Å². The van der Waals surface area contributed by atoms with Crippen molar-refractivity contribution in [2.24, 2.45) is 0 Å². The van der Waals surface area contributed by atoms with Gasteiger partial charge in [0, 0.05) is 11.8 Å². The monoisotopic (exact) mass is 279 g/mol. The Morgan fingerprint density at radius 2 is 1.45 bits per heavy atom. The van der Waals surface area contributed by atoms with Crippen LogP contribution in [-0.4, -0.2) is 6.61 Å². The van der Waals surface area contributed by atoms with Crippen LogP contribution in [0.25, 0.3) is 0 Å². The first-order valence-corrected chi connectivity index (χ1v) is 8.22. The highest BCUT2D eigenvalue weighted by atomic mass is 16.5. The van der Waals surface area contributed by atoms with E-state index < -0.39 is 0 Å². The number of nitrogens with two attached hydrogens (primary N) is 1. The van der Waals surface area contributed by atoms with Crippen LogP contribution < -0.4 is 10.5 Å². The van der Waals surface area contributed by atoms with E-state index in [0.717, 1.165) is 30.9 Å². The first kappa shape index (κ1) is 18.8. The van der Waals surface area contributed by atoms with Gasteiger partial charge in [-0.15, -0.1) is 0 Å². The number of nitrogen functional groups attached to an aromatic ring is 1. The van der Waals surface area contributed by atoms with Gasteiger partial charge < -0.3 is 10.5 Å². The molecule has 0 saturated carbocycles. The average Bonchev–Trinajstić information content (AvgIpc) is 2.45. The smallest absolute Gasteiger partial charge is 0.121 e. The van der Waals surface area contributed by atoms with Crippen LogP contribution in [0.15, 0.2) is 24.3 Å². The van der Waals surface area contributed by atoms with E-state index in [1.807, 2.05) is 24.3 Å². The zero-order chi connectivity index (χ0) is 15.1. The summed E-state index contributed by atoms with van der Waals surface area (Å²) in [6.07, 6.45) is 10.7. The van der Waals surface area contributed by atoms with Gasteiger partial charge in [-0.3, -0.25) is 0 Å². The predicted octanol–water partition coefficient (Wildman–Crippen LogP) is 5.81. The van der Waals surface area contributed by atoms with Crippen molar-refractivity contribution in [2.45, 2.75) is 72.1 Å². The SMILES string of the molecule is CCCCCCCC.CCCCOc1cccc(N)c1. The van der Waals surface area contributed by atoms with Gasteiger partial charge in [-0.25, -0.2) is 0 Å². The number of ether oxygens (including phenoxy) is 1. The zero-order valence-electron chi connectivity index (χ0n) is 13.7. The third-order valence-corrected chi connectivity index (χ3v) is 3.08. The molecule has 0 fully saturated rings. The molecule has 1 rings (SSSR count). The lowest BCUT2D eigenvalue weighted by atomic mass is 10.1. The summed E-state index contributed by atoms with van der Waals surface area (Å²) in [6.45, 7) is 7.43. The third kappa shape index (κ3) is 11.9. The van der Waals surface area contributed by atoms with E-state index >= 15 is 0 Å². The van der Waals surface area contributed by atoms with Crippen LogP contribution in [0, 0.1) is 0 Å². The van der Waals surface area contributed by atoms with Gasteiger partial charge in [-0.05, 0) is 18.6 Å². The highest BCUT2D eigenvalue weighted by Gasteiger charge is 1.92. The third-order valence-electron chi connectivity index (χ3n) is 3.08. The molecule has 0 aromatic heterocycles. The Morgan fingerprint density at radius 1 is 0.850 bits per heavy atom. The average molecular weight is 279 g/mol. The second kappa shape index (κ2) is 14.2. The van der Waals surface area contributed by atoms with Crippen molar-refractivity contribution >= 4 is 5.69 Å². The maximum Gasteiger partial charge on any atom is 0.121 e. The molecule has 0 aliphatic heterocycles. The molecule has 0 radical (unpaired) electrons. The molecule has 1 aromatic carbocycles. The second-order valence-electron chi connectivity index (χ2n) is 5.19. The Balaban J connectivity index is 0.000000396. The summed E-state index contributed by atoms with van der Waals surface area (Å²) in [5, 5.41) is 0. The summed E-state index contributed by atoms with van der Waals surface area (Å²) in [4.78, 5) is 0. The lowest BCUT2D eigenvalue weighted by molar-refractivity contribution is 0.309. The van der Waals surface area contributed by atoms with Crippen molar-refractivity contribution in [1.29, 1.82) is 0 Å². The Morgan fingerprint density at radius 3 is 1.95 bits per heavy atom. The number of rotatable bonds is 9. The van der Waals surface area contributed by atoms with Crippen LogP contribution in [0.3, 0.4) is 0 Å². The van der Waals surface area contributed by atoms with Crippen molar-refractivity contribution < 1.29 is 4.74 Å². The fourth-order valence-electron chi connectivity index (χ4n) is 1.79. The van der Waals surface area contributed by atoms with Gasteiger partial charge in [0.15, 0.2) is 0 Å². The standard InChI is InChI=1S/C10H15NO.C8H18/c1-2-3-7-12-10-6-4-5-9(11)8-10;1-3-5-7-8-6-4-2/h4-6,8H,2-3,7,11H2,1H3;3-8H2,1-2H3. The Kier molecular flexibility index (Phi) is 13.4. The summed E-state index contributed by atoms with van der Waals surface area (Å²) in [6, 6.07) is 7.52. The first-order chi connectivity index (χ1) is 9.74. The first-order valence-electron chi connectivity index (χ1n) is 8.22. The molecule has 0 amide bonds. The summed E-state index contributed by atoms with van der Waals surface area (Å²) < 4.78 is 5.45. The topological polar surface area (TPSA) is 35.2 Å². The molecular formula is C18H33NO. The Hall–Kier alpha value is -1.18. The van der Waals surface area contributed by atoms with Crippen LogP contribution in [0.1, 0.15) is 72.1 Å². The molecule has 0 heterocycles. The normalized spacial score (nSPS) is 9.75. The molecule has 2 nitrogen and oxygen atoms in total. The number of benzene rings is 1. The van der Waals surface area contributed by atoms with E-state index in [-0.39, 0.29) is 0 Å². The van der Waals surface area contributed by atoms with Crippen LogP contribution >= 0.6 is 0 Å². The quantitative estimate of drug-likeness (QED) is 0.457. The molecule has 0 bridgehead atoms. The lowest BCUT2D eigenvalue weighted by Crippen LogP contribution is -1.96. The van der Waals surface area contributed by atoms with E-state index in [1.54, 1.807) is 0 Å². The van der Waals surface area contributed by atoms with Crippen molar-refractivity contribution in [1.82, 2.24) is 0 Å². The molecule has 0 saturated heterocycles. The van der Waals surface area contributed by atoms with Crippen molar-refractivity contribution in [3.63, 3.8) is 0 Å². The van der Waals surface area contributed by atoms with E-state index in [2.05, 4.69) is 20.8 Å². The van der Waals surface area contributed by atoms with Gasteiger partial charge >= 0.3 is 0 Å². The van der Waals surface area contributed by atoms with Crippen molar-refractivity contribution in [3.05, 3.63) is 24.3 Å². The lowest BCUT2D eigenvalue weighted by Gasteiger charge is -2.04.